The van der Waals surface area contributed by atoms with E-state index in [1.165, 1.54) is 0 Å². The average molecular weight is 275 g/mol. The molecular weight excluding hydrogens is 258 g/mol. The summed E-state index contributed by atoms with van der Waals surface area (Å²) in [6.45, 7) is 1.59. The maximum atomic E-state index is 12.3. The molecule has 0 spiro atoms. The quantitative estimate of drug-likeness (QED) is 0.863. The van der Waals surface area contributed by atoms with Crippen LogP contribution in [0.1, 0.15) is 28.8 Å². The van der Waals surface area contributed by atoms with E-state index in [0.29, 0.717) is 44.7 Å². The largest absolute Gasteiger partial charge is 0.380 e. The van der Waals surface area contributed by atoms with E-state index >= 15 is 0 Å². The maximum Gasteiger partial charge on any atom is 0.253 e. The highest BCUT2D eigenvalue weighted by atomic mass is 16.5. The Kier molecular flexibility index (Phi) is 3.31. The van der Waals surface area contributed by atoms with Gasteiger partial charge in [0, 0.05) is 31.5 Å². The summed E-state index contributed by atoms with van der Waals surface area (Å²) in [7, 11) is 0. The van der Waals surface area contributed by atoms with Gasteiger partial charge >= 0.3 is 0 Å². The molecule has 1 amide bonds. The first kappa shape index (κ1) is 13.3. The van der Waals surface area contributed by atoms with Gasteiger partial charge in [-0.1, -0.05) is 12.1 Å². The molecule has 5 heteroatoms. The lowest BCUT2D eigenvalue weighted by molar-refractivity contribution is -0.184. The summed E-state index contributed by atoms with van der Waals surface area (Å²) in [6.07, 6.45) is 0.891. The molecule has 0 radical (unpaired) electrons. The number of rotatable bonds is 2. The second kappa shape index (κ2) is 5.00. The van der Waals surface area contributed by atoms with E-state index in [9.17, 15) is 14.7 Å². The summed E-state index contributed by atoms with van der Waals surface area (Å²) in [5.41, 5.74) is 0.458. The van der Waals surface area contributed by atoms with Crippen LogP contribution in [0.3, 0.4) is 0 Å². The van der Waals surface area contributed by atoms with E-state index in [4.69, 9.17) is 4.74 Å². The lowest BCUT2D eigenvalue weighted by Gasteiger charge is -2.36. The van der Waals surface area contributed by atoms with Crippen molar-refractivity contribution in [1.29, 1.82) is 0 Å². The van der Waals surface area contributed by atoms with Crippen molar-refractivity contribution in [1.82, 2.24) is 4.90 Å². The Balaban J connectivity index is 1.71. The molecule has 0 saturated carbocycles. The van der Waals surface area contributed by atoms with Crippen molar-refractivity contribution in [2.75, 3.05) is 26.3 Å². The number of Topliss-reactive ketones (excluding diaryl/α,β-unsaturated/α-hetero) is 1. The topological polar surface area (TPSA) is 66.8 Å². The predicted octanol–water partition coefficient (Wildman–Crippen LogP) is 0.710. The van der Waals surface area contributed by atoms with Crippen molar-refractivity contribution in [3.8, 4) is 0 Å². The molecule has 1 N–H and O–H groups in total. The maximum absolute atomic E-state index is 12.3. The van der Waals surface area contributed by atoms with Crippen LogP contribution in [0.2, 0.25) is 0 Å². The summed E-state index contributed by atoms with van der Waals surface area (Å²) in [6, 6.07) is 6.99. The molecule has 1 aromatic carbocycles. The Labute approximate surface area is 117 Å². The molecule has 0 atom stereocenters. The van der Waals surface area contributed by atoms with Gasteiger partial charge in [-0.25, -0.2) is 0 Å². The Bertz CT molecular complexity index is 523. The van der Waals surface area contributed by atoms with Gasteiger partial charge in [0.2, 0.25) is 0 Å². The van der Waals surface area contributed by atoms with Crippen LogP contribution in [0, 0.1) is 0 Å². The Morgan fingerprint density at radius 3 is 2.25 bits per heavy atom. The molecule has 2 fully saturated rings. The first-order chi connectivity index (χ1) is 9.58. The fourth-order valence-corrected chi connectivity index (χ4v) is 2.53. The number of ether oxygens (including phenoxy) is 1. The summed E-state index contributed by atoms with van der Waals surface area (Å²) in [4.78, 5) is 25.2. The standard InChI is InChI=1S/C15H17NO4/c17-13-5-7-16(8-6-13)14(18)11-1-3-12(4-2-11)15(19)9-20-10-15/h1-4,19H,5-10H2. The van der Waals surface area contributed by atoms with Crippen molar-refractivity contribution in [3.05, 3.63) is 35.4 Å². The number of hydrogen-bond acceptors (Lipinski definition) is 4. The number of piperidine rings is 1. The predicted molar refractivity (Wildman–Crippen MR) is 71.3 cm³/mol. The number of benzene rings is 1. The summed E-state index contributed by atoms with van der Waals surface area (Å²) >= 11 is 0. The first-order valence-corrected chi connectivity index (χ1v) is 6.80. The number of carbonyl (C=O) groups is 2. The number of nitrogens with zero attached hydrogens (tertiary/aromatic N) is 1. The number of amides is 1. The highest BCUT2D eigenvalue weighted by molar-refractivity contribution is 5.95. The number of ketones is 1. The van der Waals surface area contributed by atoms with Crippen molar-refractivity contribution in [3.63, 3.8) is 0 Å². The third-order valence-electron chi connectivity index (χ3n) is 3.96. The van der Waals surface area contributed by atoms with Crippen LogP contribution >= 0.6 is 0 Å². The highest BCUT2D eigenvalue weighted by Crippen LogP contribution is 2.29. The molecule has 5 nitrogen and oxygen atoms in total. The molecule has 2 heterocycles. The Morgan fingerprint density at radius 1 is 1.15 bits per heavy atom. The first-order valence-electron chi connectivity index (χ1n) is 6.80. The van der Waals surface area contributed by atoms with Gasteiger partial charge in [0.05, 0.1) is 13.2 Å². The molecule has 2 saturated heterocycles. The Morgan fingerprint density at radius 2 is 1.75 bits per heavy atom. The number of hydrogen-bond donors (Lipinski definition) is 1. The second-order valence-corrected chi connectivity index (χ2v) is 5.43. The lowest BCUT2D eigenvalue weighted by atomic mass is 9.91. The lowest BCUT2D eigenvalue weighted by Crippen LogP contribution is -2.46. The fourth-order valence-electron chi connectivity index (χ4n) is 2.53. The molecule has 106 valence electrons. The van der Waals surface area contributed by atoms with Gasteiger partial charge in [-0.3, -0.25) is 9.59 Å². The molecule has 2 aliphatic heterocycles. The van der Waals surface area contributed by atoms with Gasteiger partial charge in [-0.15, -0.1) is 0 Å². The molecule has 3 rings (SSSR count). The monoisotopic (exact) mass is 275 g/mol. The minimum atomic E-state index is -0.904. The van der Waals surface area contributed by atoms with Crippen LogP contribution in [0.25, 0.3) is 0 Å². The summed E-state index contributed by atoms with van der Waals surface area (Å²) in [5, 5.41) is 10.1. The van der Waals surface area contributed by atoms with Gasteiger partial charge in [-0.05, 0) is 17.7 Å². The summed E-state index contributed by atoms with van der Waals surface area (Å²) < 4.78 is 5.02. The van der Waals surface area contributed by atoms with Crippen molar-refractivity contribution >= 4 is 11.7 Å². The van der Waals surface area contributed by atoms with E-state index in [1.54, 1.807) is 29.2 Å². The van der Waals surface area contributed by atoms with Crippen LogP contribution in [-0.2, 0) is 15.1 Å². The molecule has 0 bridgehead atoms. The molecule has 0 aliphatic carbocycles. The zero-order chi connectivity index (χ0) is 14.2. The van der Waals surface area contributed by atoms with Crippen LogP contribution < -0.4 is 0 Å². The van der Waals surface area contributed by atoms with Crippen molar-refractivity contribution in [2.24, 2.45) is 0 Å². The van der Waals surface area contributed by atoms with Crippen LogP contribution in [0.4, 0.5) is 0 Å². The zero-order valence-corrected chi connectivity index (χ0v) is 11.2. The number of likely N-dealkylation sites (tertiary alicyclic amines) is 1. The van der Waals surface area contributed by atoms with E-state index in [-0.39, 0.29) is 11.7 Å². The third kappa shape index (κ3) is 2.34. The number of aliphatic hydroxyl groups is 1. The zero-order valence-electron chi connectivity index (χ0n) is 11.2. The van der Waals surface area contributed by atoms with Crippen molar-refractivity contribution in [2.45, 2.75) is 18.4 Å². The minimum Gasteiger partial charge on any atom is -0.380 e. The third-order valence-corrected chi connectivity index (χ3v) is 3.96. The van der Waals surface area contributed by atoms with Crippen molar-refractivity contribution < 1.29 is 19.4 Å². The van der Waals surface area contributed by atoms with E-state index < -0.39 is 5.60 Å². The smallest absolute Gasteiger partial charge is 0.253 e. The van der Waals surface area contributed by atoms with Gasteiger partial charge in [-0.2, -0.15) is 0 Å². The summed E-state index contributed by atoms with van der Waals surface area (Å²) in [5.74, 6) is 0.164. The molecule has 0 aromatic heterocycles. The van der Waals surface area contributed by atoms with Crippen LogP contribution in [-0.4, -0.2) is 48.0 Å². The Hall–Kier alpha value is -1.72. The highest BCUT2D eigenvalue weighted by Gasteiger charge is 2.37. The SMILES string of the molecule is O=C1CCN(C(=O)c2ccc(C3(O)COC3)cc2)CC1. The normalized spacial score (nSPS) is 21.4. The molecule has 1 aromatic rings. The minimum absolute atomic E-state index is 0.0547. The fraction of sp³-hybridized carbons (Fsp3) is 0.467. The second-order valence-electron chi connectivity index (χ2n) is 5.43. The number of carbonyl (C=O) groups excluding carboxylic acids is 2. The molecule has 20 heavy (non-hydrogen) atoms. The van der Waals surface area contributed by atoms with E-state index in [2.05, 4.69) is 0 Å². The molecular formula is C15H17NO4. The van der Waals surface area contributed by atoms with Crippen LogP contribution in [0.15, 0.2) is 24.3 Å². The van der Waals surface area contributed by atoms with Gasteiger partial charge < -0.3 is 14.7 Å². The average Bonchev–Trinajstić information content (AvgIpc) is 2.45. The van der Waals surface area contributed by atoms with Gasteiger partial charge in [0.25, 0.3) is 5.91 Å². The molecule has 0 unspecified atom stereocenters. The van der Waals surface area contributed by atoms with E-state index in [1.807, 2.05) is 0 Å². The van der Waals surface area contributed by atoms with Gasteiger partial charge in [0.1, 0.15) is 11.4 Å². The van der Waals surface area contributed by atoms with Gasteiger partial charge in [0.15, 0.2) is 0 Å². The van der Waals surface area contributed by atoms with E-state index in [0.717, 1.165) is 5.56 Å². The molecule has 2 aliphatic rings. The van der Waals surface area contributed by atoms with Crippen LogP contribution in [0.5, 0.6) is 0 Å².